The maximum absolute atomic E-state index is 10.7. The first-order valence-electron chi connectivity index (χ1n) is 3.99. The van der Waals surface area contributed by atoms with Crippen molar-refractivity contribution in [1.29, 1.82) is 0 Å². The van der Waals surface area contributed by atoms with Gasteiger partial charge in [-0.25, -0.2) is 18.5 Å². The molecule has 1 aromatic heterocycles. The molecule has 0 aliphatic heterocycles. The zero-order valence-corrected chi connectivity index (χ0v) is 8.57. The van der Waals surface area contributed by atoms with E-state index in [1.165, 1.54) is 24.2 Å². The summed E-state index contributed by atoms with van der Waals surface area (Å²) >= 11 is 1.37. The molecule has 13 heavy (non-hydrogen) atoms. The quantitative estimate of drug-likeness (QED) is 0.816. The highest BCUT2D eigenvalue weighted by molar-refractivity contribution is 7.88. The Kier molecular flexibility index (Phi) is 2.13. The molecule has 0 atom stereocenters. The smallest absolute Gasteiger partial charge is 0.215 e. The Morgan fingerprint density at radius 3 is 2.85 bits per heavy atom. The van der Waals surface area contributed by atoms with Crippen molar-refractivity contribution in [2.24, 2.45) is 5.14 Å². The molecule has 1 saturated carbocycles. The predicted molar refractivity (Wildman–Crippen MR) is 50.9 cm³/mol. The van der Waals surface area contributed by atoms with Crippen molar-refractivity contribution < 1.29 is 8.42 Å². The minimum Gasteiger partial charge on any atom is -0.245 e. The molecule has 0 unspecified atom stereocenters. The number of hydrogen-bond acceptors (Lipinski definition) is 4. The molecule has 1 aliphatic carbocycles. The number of nitrogens with two attached hydrogens (primary N) is 1. The number of primary sulfonamides is 1. The van der Waals surface area contributed by atoms with Crippen LogP contribution in [-0.4, -0.2) is 13.4 Å². The highest BCUT2D eigenvalue weighted by Gasteiger charge is 2.26. The largest absolute Gasteiger partial charge is 0.245 e. The fraction of sp³-hybridized carbons (Fsp3) is 0.571. The number of thiazole rings is 1. The summed E-state index contributed by atoms with van der Waals surface area (Å²) in [6, 6.07) is 0. The van der Waals surface area contributed by atoms with Gasteiger partial charge in [0.1, 0.15) is 10.8 Å². The van der Waals surface area contributed by atoms with E-state index in [4.69, 9.17) is 5.14 Å². The average Bonchev–Trinajstić information content (AvgIpc) is 2.72. The maximum atomic E-state index is 10.7. The standard InChI is InChI=1S/C7H10N2O2S2/c8-13(10,11)4-7-9-6(3-12-7)5-1-2-5/h3,5H,1-2,4H2,(H2,8,10,11). The van der Waals surface area contributed by atoms with Crippen molar-refractivity contribution in [1.82, 2.24) is 4.98 Å². The summed E-state index contributed by atoms with van der Waals surface area (Å²) in [5, 5.41) is 7.44. The fourth-order valence-electron chi connectivity index (χ4n) is 1.13. The van der Waals surface area contributed by atoms with E-state index in [0.29, 0.717) is 10.9 Å². The summed E-state index contributed by atoms with van der Waals surface area (Å²) < 4.78 is 21.5. The normalized spacial score (nSPS) is 17.6. The molecule has 1 aliphatic rings. The average molecular weight is 218 g/mol. The van der Waals surface area contributed by atoms with E-state index in [-0.39, 0.29) is 5.75 Å². The molecule has 6 heteroatoms. The minimum atomic E-state index is -3.42. The van der Waals surface area contributed by atoms with Crippen LogP contribution in [0.25, 0.3) is 0 Å². The molecule has 0 saturated heterocycles. The highest BCUT2D eigenvalue weighted by atomic mass is 32.2. The fourth-order valence-corrected chi connectivity index (χ4v) is 2.96. The van der Waals surface area contributed by atoms with Crippen molar-refractivity contribution >= 4 is 21.4 Å². The van der Waals surface area contributed by atoms with Crippen molar-refractivity contribution in [3.05, 3.63) is 16.1 Å². The molecule has 0 amide bonds. The molecular weight excluding hydrogens is 208 g/mol. The van der Waals surface area contributed by atoms with Crippen LogP contribution in [0.2, 0.25) is 0 Å². The molecular formula is C7H10N2O2S2. The van der Waals surface area contributed by atoms with Crippen LogP contribution in [0.3, 0.4) is 0 Å². The van der Waals surface area contributed by atoms with E-state index in [2.05, 4.69) is 4.98 Å². The molecule has 2 N–H and O–H groups in total. The molecule has 2 rings (SSSR count). The number of aromatic nitrogens is 1. The van der Waals surface area contributed by atoms with E-state index in [0.717, 1.165) is 5.69 Å². The van der Waals surface area contributed by atoms with E-state index in [1.807, 2.05) is 5.38 Å². The van der Waals surface area contributed by atoms with E-state index < -0.39 is 10.0 Å². The van der Waals surface area contributed by atoms with Gasteiger partial charge in [0.25, 0.3) is 0 Å². The third-order valence-corrected chi connectivity index (χ3v) is 3.62. The van der Waals surface area contributed by atoms with Crippen molar-refractivity contribution in [3.63, 3.8) is 0 Å². The second-order valence-electron chi connectivity index (χ2n) is 3.25. The Morgan fingerprint density at radius 2 is 2.31 bits per heavy atom. The SMILES string of the molecule is NS(=O)(=O)Cc1nc(C2CC2)cs1. The Balaban J connectivity index is 2.13. The van der Waals surface area contributed by atoms with Crippen LogP contribution < -0.4 is 5.14 Å². The molecule has 1 heterocycles. The molecule has 0 bridgehead atoms. The van der Waals surface area contributed by atoms with Gasteiger partial charge in [-0.1, -0.05) is 0 Å². The molecule has 0 aromatic carbocycles. The topological polar surface area (TPSA) is 73.1 Å². The lowest BCUT2D eigenvalue weighted by Crippen LogP contribution is -2.14. The van der Waals surface area contributed by atoms with E-state index in [9.17, 15) is 8.42 Å². The predicted octanol–water partition coefficient (Wildman–Crippen LogP) is 0.809. The molecule has 1 fully saturated rings. The Morgan fingerprint density at radius 1 is 1.62 bits per heavy atom. The Hall–Kier alpha value is -0.460. The summed E-state index contributed by atoms with van der Waals surface area (Å²) in [5.74, 6) is 0.440. The first-order chi connectivity index (χ1) is 6.04. The zero-order valence-electron chi connectivity index (χ0n) is 6.93. The lowest BCUT2D eigenvalue weighted by atomic mass is 10.3. The van der Waals surface area contributed by atoms with Gasteiger partial charge in [-0.15, -0.1) is 11.3 Å². The second kappa shape index (κ2) is 3.04. The molecule has 4 nitrogen and oxygen atoms in total. The maximum Gasteiger partial charge on any atom is 0.215 e. The van der Waals surface area contributed by atoms with Gasteiger partial charge >= 0.3 is 0 Å². The Bertz CT molecular complexity index is 406. The van der Waals surface area contributed by atoms with Crippen molar-refractivity contribution in [3.8, 4) is 0 Å². The molecule has 0 radical (unpaired) electrons. The summed E-state index contributed by atoms with van der Waals surface area (Å²) in [6.07, 6.45) is 2.36. The molecule has 0 spiro atoms. The Labute approximate surface area is 80.8 Å². The van der Waals surface area contributed by atoms with Crippen LogP contribution in [-0.2, 0) is 15.8 Å². The number of sulfonamides is 1. The molecule has 1 aromatic rings. The number of hydrogen-bond donors (Lipinski definition) is 1. The zero-order chi connectivity index (χ0) is 9.47. The summed E-state index contributed by atoms with van der Waals surface area (Å²) in [7, 11) is -3.42. The second-order valence-corrected chi connectivity index (χ2v) is 5.80. The van der Waals surface area contributed by atoms with Crippen molar-refractivity contribution in [2.45, 2.75) is 24.5 Å². The number of nitrogens with zero attached hydrogens (tertiary/aromatic N) is 1. The van der Waals surface area contributed by atoms with Gasteiger partial charge < -0.3 is 0 Å². The summed E-state index contributed by atoms with van der Waals surface area (Å²) in [6.45, 7) is 0. The third kappa shape index (κ3) is 2.49. The van der Waals surface area contributed by atoms with Gasteiger partial charge in [0.05, 0.1) is 5.69 Å². The van der Waals surface area contributed by atoms with Crippen LogP contribution in [0.5, 0.6) is 0 Å². The van der Waals surface area contributed by atoms with Gasteiger partial charge in [-0.05, 0) is 12.8 Å². The van der Waals surface area contributed by atoms with Crippen LogP contribution in [0, 0.1) is 0 Å². The van der Waals surface area contributed by atoms with Crippen LogP contribution in [0.15, 0.2) is 5.38 Å². The van der Waals surface area contributed by atoms with E-state index >= 15 is 0 Å². The van der Waals surface area contributed by atoms with Crippen LogP contribution >= 0.6 is 11.3 Å². The summed E-state index contributed by atoms with van der Waals surface area (Å²) in [4.78, 5) is 4.22. The van der Waals surface area contributed by atoms with Gasteiger partial charge in [0.2, 0.25) is 10.0 Å². The molecule has 72 valence electrons. The first kappa shape index (κ1) is 9.11. The van der Waals surface area contributed by atoms with E-state index in [1.54, 1.807) is 0 Å². The van der Waals surface area contributed by atoms with Gasteiger partial charge in [-0.2, -0.15) is 0 Å². The van der Waals surface area contributed by atoms with Gasteiger partial charge in [0.15, 0.2) is 0 Å². The van der Waals surface area contributed by atoms with Gasteiger partial charge in [0, 0.05) is 11.3 Å². The minimum absolute atomic E-state index is 0.135. The lowest BCUT2D eigenvalue weighted by molar-refractivity contribution is 0.597. The van der Waals surface area contributed by atoms with Crippen LogP contribution in [0.4, 0.5) is 0 Å². The lowest BCUT2D eigenvalue weighted by Gasteiger charge is -1.91. The third-order valence-electron chi connectivity index (χ3n) is 1.89. The van der Waals surface area contributed by atoms with Crippen LogP contribution in [0.1, 0.15) is 29.5 Å². The van der Waals surface area contributed by atoms with Gasteiger partial charge in [-0.3, -0.25) is 0 Å². The van der Waals surface area contributed by atoms with Crippen molar-refractivity contribution in [2.75, 3.05) is 0 Å². The number of rotatable bonds is 3. The highest BCUT2D eigenvalue weighted by Crippen LogP contribution is 2.40. The monoisotopic (exact) mass is 218 g/mol. The summed E-state index contributed by atoms with van der Waals surface area (Å²) in [5.41, 5.74) is 1.03. The first-order valence-corrected chi connectivity index (χ1v) is 6.59.